The highest BCUT2D eigenvalue weighted by Crippen LogP contribution is 2.35. The van der Waals surface area contributed by atoms with E-state index in [2.05, 4.69) is 4.90 Å². The Morgan fingerprint density at radius 2 is 1.77 bits per heavy atom. The van der Waals surface area contributed by atoms with Gasteiger partial charge in [0.25, 0.3) is 0 Å². The molecule has 0 atom stereocenters. The number of benzene rings is 2. The first-order chi connectivity index (χ1) is 14.6. The zero-order valence-electron chi connectivity index (χ0n) is 17.2. The number of fused-ring (bicyclic) bond motifs is 3. The zero-order valence-corrected chi connectivity index (χ0v) is 17.2. The van der Waals surface area contributed by atoms with Gasteiger partial charge in [-0.25, -0.2) is 4.79 Å². The molecule has 0 amide bonds. The van der Waals surface area contributed by atoms with Crippen molar-refractivity contribution in [1.82, 2.24) is 0 Å². The van der Waals surface area contributed by atoms with Crippen LogP contribution in [0.2, 0.25) is 0 Å². The van der Waals surface area contributed by atoms with Crippen molar-refractivity contribution in [3.8, 4) is 5.75 Å². The molecule has 1 aliphatic heterocycles. The molecule has 3 aromatic rings. The Hall–Kier alpha value is -3.08. The van der Waals surface area contributed by atoms with E-state index in [1.54, 1.807) is 0 Å². The maximum absolute atomic E-state index is 12.7. The van der Waals surface area contributed by atoms with Crippen LogP contribution in [0, 0.1) is 6.92 Å². The molecule has 1 fully saturated rings. The molecule has 0 spiro atoms. The minimum atomic E-state index is -0.249. The quantitative estimate of drug-likeness (QED) is 0.465. The normalized spacial score (nSPS) is 15.6. The van der Waals surface area contributed by atoms with E-state index < -0.39 is 0 Å². The van der Waals surface area contributed by atoms with Crippen molar-refractivity contribution in [1.29, 1.82) is 0 Å². The summed E-state index contributed by atoms with van der Waals surface area (Å²) < 4.78 is 11.5. The van der Waals surface area contributed by atoms with Crippen LogP contribution in [-0.2, 0) is 12.8 Å². The summed E-state index contributed by atoms with van der Waals surface area (Å²) in [7, 11) is 0. The second kappa shape index (κ2) is 7.63. The van der Waals surface area contributed by atoms with E-state index in [1.165, 1.54) is 18.5 Å². The van der Waals surface area contributed by atoms with Crippen LogP contribution in [0.1, 0.15) is 46.3 Å². The van der Waals surface area contributed by atoms with E-state index in [9.17, 15) is 9.59 Å². The number of carbonyl (C=O) groups excluding carboxylic acids is 1. The number of aryl methyl sites for hydroxylation is 2. The second-order valence-electron chi connectivity index (χ2n) is 8.29. The fourth-order valence-corrected chi connectivity index (χ4v) is 4.68. The lowest BCUT2D eigenvalue weighted by Crippen LogP contribution is -2.18. The molecule has 5 heteroatoms. The molecule has 0 bridgehead atoms. The van der Waals surface area contributed by atoms with Gasteiger partial charge in [-0.05, 0) is 86.6 Å². The molecular formula is C25H25NO4. The van der Waals surface area contributed by atoms with E-state index in [1.807, 2.05) is 43.3 Å². The summed E-state index contributed by atoms with van der Waals surface area (Å²) in [5.41, 5.74) is 4.80. The SMILES string of the molecule is Cc1cc(OCC(=O)c2ccc(N3CCCC3)cc2)c2c3c(c(=O)oc2c1)CCC3. The van der Waals surface area contributed by atoms with Gasteiger partial charge in [-0.15, -0.1) is 0 Å². The van der Waals surface area contributed by atoms with Crippen LogP contribution in [-0.4, -0.2) is 25.5 Å². The Kier molecular flexibility index (Phi) is 4.81. The number of nitrogens with zero attached hydrogens (tertiary/aromatic N) is 1. The molecule has 0 radical (unpaired) electrons. The van der Waals surface area contributed by atoms with E-state index in [4.69, 9.17) is 9.15 Å². The summed E-state index contributed by atoms with van der Waals surface area (Å²) in [6.45, 7) is 4.04. The lowest BCUT2D eigenvalue weighted by atomic mass is 10.0. The van der Waals surface area contributed by atoms with E-state index in [-0.39, 0.29) is 18.0 Å². The average Bonchev–Trinajstić information content (AvgIpc) is 3.44. The molecule has 30 heavy (non-hydrogen) atoms. The predicted molar refractivity (Wildman–Crippen MR) is 117 cm³/mol. The molecule has 2 aliphatic rings. The highest BCUT2D eigenvalue weighted by atomic mass is 16.5. The Balaban J connectivity index is 1.39. The molecule has 1 saturated heterocycles. The van der Waals surface area contributed by atoms with Crippen LogP contribution in [0.4, 0.5) is 5.69 Å². The fraction of sp³-hybridized carbons (Fsp3) is 0.360. The monoisotopic (exact) mass is 403 g/mol. The van der Waals surface area contributed by atoms with E-state index in [0.29, 0.717) is 16.9 Å². The molecule has 0 saturated carbocycles. The van der Waals surface area contributed by atoms with Crippen molar-refractivity contribution in [3.63, 3.8) is 0 Å². The number of Topliss-reactive ketones (excluding diaryl/α,β-unsaturated/α-hetero) is 1. The predicted octanol–water partition coefficient (Wildman–Crippen LogP) is 4.45. The summed E-state index contributed by atoms with van der Waals surface area (Å²) in [5, 5.41) is 0.838. The standard InChI is InChI=1S/C25H25NO4/c1-16-13-22(24-19-5-4-6-20(19)25(28)30-23(24)14-16)29-15-21(27)17-7-9-18(10-8-17)26-11-2-3-12-26/h7-10,13-14H,2-6,11-12,15H2,1H3. The maximum Gasteiger partial charge on any atom is 0.339 e. The largest absolute Gasteiger partial charge is 0.485 e. The van der Waals surface area contributed by atoms with Crippen molar-refractivity contribution >= 4 is 22.4 Å². The highest BCUT2D eigenvalue weighted by molar-refractivity contribution is 5.98. The third-order valence-electron chi connectivity index (χ3n) is 6.20. The lowest BCUT2D eigenvalue weighted by molar-refractivity contribution is 0.0922. The third kappa shape index (κ3) is 3.38. The molecule has 5 rings (SSSR count). The lowest BCUT2D eigenvalue weighted by Gasteiger charge is -2.17. The summed E-state index contributed by atoms with van der Waals surface area (Å²) in [4.78, 5) is 27.3. The zero-order chi connectivity index (χ0) is 20.7. The van der Waals surface area contributed by atoms with Gasteiger partial charge in [0.05, 0.1) is 5.39 Å². The Morgan fingerprint density at radius 3 is 2.53 bits per heavy atom. The molecule has 5 nitrogen and oxygen atoms in total. The van der Waals surface area contributed by atoms with Gasteiger partial charge in [0, 0.05) is 29.9 Å². The van der Waals surface area contributed by atoms with E-state index in [0.717, 1.165) is 54.4 Å². The van der Waals surface area contributed by atoms with Crippen LogP contribution in [0.3, 0.4) is 0 Å². The summed E-state index contributed by atoms with van der Waals surface area (Å²) in [6, 6.07) is 11.6. The molecule has 0 unspecified atom stereocenters. The second-order valence-corrected chi connectivity index (χ2v) is 8.29. The fourth-order valence-electron chi connectivity index (χ4n) is 4.68. The molecule has 2 heterocycles. The molecule has 2 aromatic carbocycles. The number of hydrogen-bond donors (Lipinski definition) is 0. The van der Waals surface area contributed by atoms with Crippen molar-refractivity contribution in [2.45, 2.75) is 39.0 Å². The number of ketones is 1. The smallest absolute Gasteiger partial charge is 0.339 e. The first-order valence-corrected chi connectivity index (χ1v) is 10.7. The van der Waals surface area contributed by atoms with Crippen molar-refractivity contribution in [2.75, 3.05) is 24.6 Å². The van der Waals surface area contributed by atoms with Crippen LogP contribution >= 0.6 is 0 Å². The minimum absolute atomic E-state index is 0.0461. The number of carbonyl (C=O) groups is 1. The first-order valence-electron chi connectivity index (χ1n) is 10.7. The number of hydrogen-bond acceptors (Lipinski definition) is 5. The van der Waals surface area contributed by atoms with Gasteiger partial charge in [0.15, 0.2) is 12.4 Å². The third-order valence-corrected chi connectivity index (χ3v) is 6.20. The van der Waals surface area contributed by atoms with Crippen LogP contribution < -0.4 is 15.3 Å². The van der Waals surface area contributed by atoms with Gasteiger partial charge >= 0.3 is 5.63 Å². The topological polar surface area (TPSA) is 59.8 Å². The van der Waals surface area contributed by atoms with Crippen molar-refractivity contribution in [2.24, 2.45) is 0 Å². The van der Waals surface area contributed by atoms with Crippen LogP contribution in [0.25, 0.3) is 11.0 Å². The Bertz CT molecular complexity index is 1170. The van der Waals surface area contributed by atoms with Crippen molar-refractivity contribution in [3.05, 3.63) is 69.1 Å². The Labute approximate surface area is 175 Å². The maximum atomic E-state index is 12.7. The van der Waals surface area contributed by atoms with Gasteiger partial charge in [0.1, 0.15) is 11.3 Å². The molecule has 1 aromatic heterocycles. The van der Waals surface area contributed by atoms with Crippen LogP contribution in [0.15, 0.2) is 45.6 Å². The minimum Gasteiger partial charge on any atom is -0.485 e. The molecule has 0 N–H and O–H groups in total. The van der Waals surface area contributed by atoms with Crippen LogP contribution in [0.5, 0.6) is 5.75 Å². The van der Waals surface area contributed by atoms with Gasteiger partial charge in [-0.1, -0.05) is 0 Å². The first kappa shape index (κ1) is 18.9. The summed E-state index contributed by atoms with van der Waals surface area (Å²) in [6.07, 6.45) is 4.96. The molecule has 154 valence electrons. The highest BCUT2D eigenvalue weighted by Gasteiger charge is 2.23. The number of rotatable bonds is 5. The van der Waals surface area contributed by atoms with Crippen molar-refractivity contribution < 1.29 is 13.9 Å². The number of ether oxygens (including phenoxy) is 1. The van der Waals surface area contributed by atoms with Gasteiger partial charge in [-0.3, -0.25) is 4.79 Å². The Morgan fingerprint density at radius 1 is 1.03 bits per heavy atom. The van der Waals surface area contributed by atoms with E-state index >= 15 is 0 Å². The summed E-state index contributed by atoms with van der Waals surface area (Å²) >= 11 is 0. The summed E-state index contributed by atoms with van der Waals surface area (Å²) in [5.74, 6) is 0.556. The molecular weight excluding hydrogens is 378 g/mol. The number of anilines is 1. The van der Waals surface area contributed by atoms with Gasteiger partial charge in [0.2, 0.25) is 0 Å². The van der Waals surface area contributed by atoms with Gasteiger partial charge < -0.3 is 14.1 Å². The van der Waals surface area contributed by atoms with Gasteiger partial charge in [-0.2, -0.15) is 0 Å². The molecule has 1 aliphatic carbocycles. The average molecular weight is 403 g/mol.